The predicted molar refractivity (Wildman–Crippen MR) is 128 cm³/mol. The van der Waals surface area contributed by atoms with E-state index >= 15 is 0 Å². The van der Waals surface area contributed by atoms with E-state index in [9.17, 15) is 18.0 Å². The van der Waals surface area contributed by atoms with Crippen LogP contribution in [0.15, 0.2) is 42.5 Å². The summed E-state index contributed by atoms with van der Waals surface area (Å²) in [5.41, 5.74) is 0.239. The molecule has 2 aliphatic rings. The number of benzene rings is 2. The zero-order valence-corrected chi connectivity index (χ0v) is 20.3. The maximum Gasteiger partial charge on any atom is 0.255 e. The molecule has 2 amide bonds. The van der Waals surface area contributed by atoms with Gasteiger partial charge in [-0.3, -0.25) is 9.59 Å². The number of piperazine rings is 1. The first-order valence-electron chi connectivity index (χ1n) is 10.6. The van der Waals surface area contributed by atoms with Gasteiger partial charge in [-0.25, -0.2) is 12.7 Å². The first-order chi connectivity index (χ1) is 15.5. The molecule has 8 nitrogen and oxygen atoms in total. The lowest BCUT2D eigenvalue weighted by Crippen LogP contribution is -2.49. The highest BCUT2D eigenvalue weighted by Crippen LogP contribution is 2.37. The molecular formula is C23H26ClN3O5S. The van der Waals surface area contributed by atoms with Gasteiger partial charge in [0, 0.05) is 26.2 Å². The Bertz CT molecular complexity index is 1210. The number of sulfonamides is 1. The van der Waals surface area contributed by atoms with Crippen LogP contribution in [0.5, 0.6) is 5.75 Å². The molecule has 0 spiro atoms. The summed E-state index contributed by atoms with van der Waals surface area (Å²) >= 11 is 6.32. The largest absolute Gasteiger partial charge is 0.495 e. The number of hydrogen-bond donors (Lipinski definition) is 0. The summed E-state index contributed by atoms with van der Waals surface area (Å²) in [6.07, 6.45) is 0. The molecular weight excluding hydrogens is 466 g/mol. The van der Waals surface area contributed by atoms with Gasteiger partial charge in [-0.2, -0.15) is 0 Å². The van der Waals surface area contributed by atoms with Crippen molar-refractivity contribution >= 4 is 44.8 Å². The number of carbonyl (C=O) groups excluding carboxylic acids is 2. The quantitative estimate of drug-likeness (QED) is 0.653. The van der Waals surface area contributed by atoms with E-state index in [4.69, 9.17) is 16.3 Å². The van der Waals surface area contributed by atoms with Gasteiger partial charge in [-0.15, -0.1) is 0 Å². The Morgan fingerprint density at radius 2 is 1.73 bits per heavy atom. The van der Waals surface area contributed by atoms with Gasteiger partial charge in [-0.1, -0.05) is 23.7 Å². The van der Waals surface area contributed by atoms with Crippen LogP contribution in [-0.2, 0) is 14.8 Å². The fraction of sp³-hybridized carbons (Fsp3) is 0.391. The molecule has 2 heterocycles. The molecule has 0 bridgehead atoms. The second kappa shape index (κ2) is 8.53. The lowest BCUT2D eigenvalue weighted by atomic mass is 9.95. The standard InChI is InChI=1S/C23H26ClN3O5S/c1-23(2)15-33(30,31)27(22(23)29)16-8-9-18(24)17(14-16)21(28)26-12-10-25(11-13-26)19-6-4-5-7-20(19)32-3/h4-9,14H,10-13,15H2,1-3H3. The molecule has 176 valence electrons. The predicted octanol–water partition coefficient (Wildman–Crippen LogP) is 3.01. The molecule has 0 atom stereocenters. The van der Waals surface area contributed by atoms with Crippen LogP contribution in [0.4, 0.5) is 11.4 Å². The van der Waals surface area contributed by atoms with Crippen LogP contribution in [0, 0.1) is 5.41 Å². The van der Waals surface area contributed by atoms with E-state index in [-0.39, 0.29) is 27.9 Å². The topological polar surface area (TPSA) is 87.2 Å². The van der Waals surface area contributed by atoms with Crippen molar-refractivity contribution < 1.29 is 22.7 Å². The van der Waals surface area contributed by atoms with E-state index < -0.39 is 21.3 Å². The molecule has 0 N–H and O–H groups in total. The molecule has 0 radical (unpaired) electrons. The maximum atomic E-state index is 13.3. The molecule has 0 unspecified atom stereocenters. The average Bonchev–Trinajstić information content (AvgIpc) is 2.96. The summed E-state index contributed by atoms with van der Waals surface area (Å²) in [6, 6.07) is 12.0. The third-order valence-electron chi connectivity index (χ3n) is 5.99. The Balaban J connectivity index is 1.55. The SMILES string of the molecule is COc1ccccc1N1CCN(C(=O)c2cc(N3C(=O)C(C)(C)CS3(=O)=O)ccc2Cl)CC1. The van der Waals surface area contributed by atoms with E-state index in [1.165, 1.54) is 18.2 Å². The van der Waals surface area contributed by atoms with Crippen LogP contribution >= 0.6 is 11.6 Å². The summed E-state index contributed by atoms with van der Waals surface area (Å²) in [5, 5.41) is 0.208. The summed E-state index contributed by atoms with van der Waals surface area (Å²) in [7, 11) is -2.20. The first-order valence-corrected chi connectivity index (χ1v) is 12.6. The monoisotopic (exact) mass is 491 g/mol. The molecule has 2 aliphatic heterocycles. The lowest BCUT2D eigenvalue weighted by molar-refractivity contribution is -0.123. The molecule has 2 saturated heterocycles. The van der Waals surface area contributed by atoms with E-state index in [0.29, 0.717) is 26.2 Å². The number of rotatable bonds is 4. The van der Waals surface area contributed by atoms with Gasteiger partial charge in [0.1, 0.15) is 5.75 Å². The van der Waals surface area contributed by atoms with Crippen molar-refractivity contribution in [2.24, 2.45) is 5.41 Å². The second-order valence-electron chi connectivity index (χ2n) is 8.82. The molecule has 2 fully saturated rings. The van der Waals surface area contributed by atoms with Crippen molar-refractivity contribution in [1.82, 2.24) is 4.90 Å². The summed E-state index contributed by atoms with van der Waals surface area (Å²) in [5.74, 6) is -0.332. The smallest absolute Gasteiger partial charge is 0.255 e. The summed E-state index contributed by atoms with van der Waals surface area (Å²) < 4.78 is 31.5. The Morgan fingerprint density at radius 3 is 2.33 bits per heavy atom. The normalized spacial score (nSPS) is 19.6. The second-order valence-corrected chi connectivity index (χ2v) is 11.0. The minimum atomic E-state index is -3.82. The maximum absolute atomic E-state index is 13.3. The van der Waals surface area contributed by atoms with Gasteiger partial charge in [0.05, 0.1) is 40.2 Å². The molecule has 0 aliphatic carbocycles. The number of halogens is 1. The minimum Gasteiger partial charge on any atom is -0.495 e. The highest BCUT2D eigenvalue weighted by Gasteiger charge is 2.50. The van der Waals surface area contributed by atoms with Gasteiger partial charge in [-0.05, 0) is 44.2 Å². The van der Waals surface area contributed by atoms with Crippen molar-refractivity contribution in [3.8, 4) is 5.75 Å². The van der Waals surface area contributed by atoms with Gasteiger partial charge in [0.25, 0.3) is 5.91 Å². The number of methoxy groups -OCH3 is 1. The third kappa shape index (κ3) is 4.27. The van der Waals surface area contributed by atoms with Gasteiger partial charge < -0.3 is 14.5 Å². The van der Waals surface area contributed by atoms with Crippen LogP contribution in [0.1, 0.15) is 24.2 Å². The zero-order chi connectivity index (χ0) is 24.0. The number of para-hydroxylation sites is 2. The zero-order valence-electron chi connectivity index (χ0n) is 18.7. The Morgan fingerprint density at radius 1 is 1.06 bits per heavy atom. The van der Waals surface area contributed by atoms with E-state index in [0.717, 1.165) is 15.7 Å². The van der Waals surface area contributed by atoms with Gasteiger partial charge in [0.2, 0.25) is 15.9 Å². The van der Waals surface area contributed by atoms with Crippen molar-refractivity contribution in [1.29, 1.82) is 0 Å². The van der Waals surface area contributed by atoms with Crippen molar-refractivity contribution in [3.05, 3.63) is 53.1 Å². The van der Waals surface area contributed by atoms with Gasteiger partial charge >= 0.3 is 0 Å². The molecule has 4 rings (SSSR count). The fourth-order valence-electron chi connectivity index (χ4n) is 4.28. The van der Waals surface area contributed by atoms with Crippen molar-refractivity contribution in [2.45, 2.75) is 13.8 Å². The molecule has 2 aromatic carbocycles. The van der Waals surface area contributed by atoms with Crippen LogP contribution in [-0.4, -0.2) is 64.2 Å². The molecule has 2 aromatic rings. The highest BCUT2D eigenvalue weighted by molar-refractivity contribution is 7.94. The number of carbonyl (C=O) groups is 2. The van der Waals surface area contributed by atoms with Crippen LogP contribution in [0.2, 0.25) is 5.02 Å². The number of anilines is 2. The fourth-order valence-corrected chi connectivity index (χ4v) is 6.57. The van der Waals surface area contributed by atoms with Crippen molar-refractivity contribution in [3.63, 3.8) is 0 Å². The van der Waals surface area contributed by atoms with Crippen molar-refractivity contribution in [2.75, 3.05) is 48.2 Å². The van der Waals surface area contributed by atoms with Crippen LogP contribution in [0.3, 0.4) is 0 Å². The minimum absolute atomic E-state index is 0.131. The Hall–Kier alpha value is -2.78. The van der Waals surface area contributed by atoms with E-state index in [1.807, 2.05) is 24.3 Å². The average molecular weight is 492 g/mol. The Kier molecular flexibility index (Phi) is 6.05. The van der Waals surface area contributed by atoms with E-state index in [1.54, 1.807) is 25.9 Å². The highest BCUT2D eigenvalue weighted by atomic mass is 35.5. The number of nitrogens with zero attached hydrogens (tertiary/aromatic N) is 3. The molecule has 10 heteroatoms. The summed E-state index contributed by atoms with van der Waals surface area (Å²) in [6.45, 7) is 5.33. The number of hydrogen-bond acceptors (Lipinski definition) is 6. The molecule has 33 heavy (non-hydrogen) atoms. The number of ether oxygens (including phenoxy) is 1. The number of amides is 2. The van der Waals surface area contributed by atoms with E-state index in [2.05, 4.69) is 4.90 Å². The van der Waals surface area contributed by atoms with Crippen LogP contribution in [0.25, 0.3) is 0 Å². The lowest BCUT2D eigenvalue weighted by Gasteiger charge is -2.36. The first kappa shape index (κ1) is 23.4. The van der Waals surface area contributed by atoms with Crippen LogP contribution < -0.4 is 13.9 Å². The Labute approximate surface area is 198 Å². The van der Waals surface area contributed by atoms with Gasteiger partial charge in [0.15, 0.2) is 0 Å². The molecule has 0 aromatic heterocycles. The molecule has 0 saturated carbocycles. The third-order valence-corrected chi connectivity index (χ3v) is 8.34. The summed E-state index contributed by atoms with van der Waals surface area (Å²) in [4.78, 5) is 29.8.